The normalized spacial score (nSPS) is 11.2. The number of esters is 1. The van der Waals surface area contributed by atoms with Crippen LogP contribution < -0.4 is 42.5 Å². The van der Waals surface area contributed by atoms with Gasteiger partial charge < -0.3 is 15.4 Å². The Kier molecular flexibility index (Phi) is 15.0. The zero-order chi connectivity index (χ0) is 51.0. The first-order valence-electron chi connectivity index (χ1n) is 24.6. The fraction of sp³-hybridized carbons (Fsp3) is 0.0769. The van der Waals surface area contributed by atoms with E-state index in [9.17, 15) is 19.2 Å². The van der Waals surface area contributed by atoms with Crippen LogP contribution in [0.3, 0.4) is 0 Å². The smallest absolute Gasteiger partial charge is 0.338 e. The number of anilines is 2. The number of benzene rings is 10. The molecule has 0 spiro atoms. The Morgan fingerprint density at radius 3 is 1.30 bits per heavy atom. The molecule has 1 amide bonds. The quantitative estimate of drug-likeness (QED) is 0.0408. The molecule has 9 heteroatoms. The molecule has 0 bridgehead atoms. The average molecular weight is 1000 g/mol. The lowest BCUT2D eigenvalue weighted by molar-refractivity contribution is 0.0494. The van der Waals surface area contributed by atoms with E-state index in [2.05, 4.69) is 180 Å². The fourth-order valence-electron chi connectivity index (χ4n) is 9.55. The predicted octanol–water partition coefficient (Wildman–Crippen LogP) is 12.5. The highest BCUT2D eigenvalue weighted by atomic mass is 31.1. The summed E-state index contributed by atoms with van der Waals surface area (Å²) in [5.41, 5.74) is 5.68. The lowest BCUT2D eigenvalue weighted by Gasteiger charge is -2.29. The fourth-order valence-corrected chi connectivity index (χ4v) is 14.5. The van der Waals surface area contributed by atoms with Crippen LogP contribution in [-0.2, 0) is 4.74 Å². The molecule has 0 saturated heterocycles. The third kappa shape index (κ3) is 10.4. The van der Waals surface area contributed by atoms with E-state index in [1.165, 1.54) is 38.8 Å². The number of carbonyl (C=O) groups is 4. The number of amides is 1. The van der Waals surface area contributed by atoms with Gasteiger partial charge in [0.2, 0.25) is 0 Å². The first kappa shape index (κ1) is 49.2. The molecule has 0 heterocycles. The summed E-state index contributed by atoms with van der Waals surface area (Å²) in [7, 11) is -0.232. The summed E-state index contributed by atoms with van der Waals surface area (Å²) in [6.45, 7) is 1.53. The first-order valence-corrected chi connectivity index (χ1v) is 27.3. The largest absolute Gasteiger partial charge is 0.462 e. The molecule has 10 aromatic carbocycles. The van der Waals surface area contributed by atoms with Crippen molar-refractivity contribution in [1.29, 1.82) is 0 Å². The number of ether oxygens (including phenoxy) is 1. The highest BCUT2D eigenvalue weighted by Gasteiger charge is 2.29. The molecule has 10 rings (SSSR count). The van der Waals surface area contributed by atoms with Crippen LogP contribution in [0.15, 0.2) is 231 Å². The summed E-state index contributed by atoms with van der Waals surface area (Å²) in [6, 6.07) is 78.0. The van der Waals surface area contributed by atoms with Crippen molar-refractivity contribution >= 4 is 104 Å². The van der Waals surface area contributed by atoms with E-state index < -0.39 is 21.8 Å². The number of nitrogens with one attached hydrogen (secondary N) is 2. The average Bonchev–Trinajstić information content (AvgIpc) is 3.45. The number of ketones is 2. The Labute approximate surface area is 433 Å². The standard InChI is InChI=1S/C65H52N2O5P2/c1-44(68)45-31-37-48(38-32-45)65(71)72-43-17-30-59(69)46-33-35-47(36-34-46)64(70)67-58-29-16-27-56-54(58)40-42-61(74(51-22-11-5-12-23-51)52-24-13-6-14-25-52)63(56)62-55-26-15-28-57(66-2)53(55)39-41-60(62)73(49-18-7-3-8-19-49)50-20-9-4-10-21-50/h3-16,18-29,31-42,66H,17,30,43H2,1-2H3,(H,67,70). The van der Waals surface area contributed by atoms with Gasteiger partial charge in [0.05, 0.1) is 12.2 Å². The second-order valence-corrected chi connectivity index (χ2v) is 22.2. The molecule has 0 aliphatic rings. The van der Waals surface area contributed by atoms with Crippen molar-refractivity contribution < 1.29 is 23.9 Å². The van der Waals surface area contributed by atoms with Crippen molar-refractivity contribution in [3.05, 3.63) is 253 Å². The van der Waals surface area contributed by atoms with Crippen molar-refractivity contribution in [2.45, 2.75) is 19.8 Å². The van der Waals surface area contributed by atoms with E-state index in [-0.39, 0.29) is 30.5 Å². The monoisotopic (exact) mass is 1000 g/mol. The highest BCUT2D eigenvalue weighted by Crippen LogP contribution is 2.47. The molecule has 10 aromatic rings. The van der Waals surface area contributed by atoms with Crippen LogP contribution in [0, 0.1) is 0 Å². The molecule has 74 heavy (non-hydrogen) atoms. The minimum Gasteiger partial charge on any atom is -0.462 e. The summed E-state index contributed by atoms with van der Waals surface area (Å²) in [5.74, 6) is -1.03. The number of Topliss-reactive ketones (excluding diaryl/α,β-unsaturated/α-hetero) is 2. The molecule has 0 aliphatic heterocycles. The molecular formula is C65H52N2O5P2. The van der Waals surface area contributed by atoms with Crippen LogP contribution in [0.1, 0.15) is 61.2 Å². The van der Waals surface area contributed by atoms with Gasteiger partial charge in [-0.15, -0.1) is 0 Å². The minimum absolute atomic E-state index is 0.0638. The molecular weight excluding hydrogens is 951 g/mol. The van der Waals surface area contributed by atoms with Gasteiger partial charge in [-0.05, 0) is 119 Å². The zero-order valence-corrected chi connectivity index (χ0v) is 42.8. The SMILES string of the molecule is CNc1cccc2c(-c3c(P(c4ccccc4)c4ccccc4)ccc4c(NC(=O)c5ccc(C(=O)CCCOC(=O)c6ccc(C(C)=O)cc6)cc5)cccc34)c(P(c3ccccc3)c3ccccc3)ccc12. The van der Waals surface area contributed by atoms with E-state index in [4.69, 9.17) is 4.74 Å². The summed E-state index contributed by atoms with van der Waals surface area (Å²) in [5, 5.41) is 18.3. The molecule has 7 nitrogen and oxygen atoms in total. The van der Waals surface area contributed by atoms with Crippen molar-refractivity contribution in [2.24, 2.45) is 0 Å². The molecule has 0 aliphatic carbocycles. The van der Waals surface area contributed by atoms with Crippen molar-refractivity contribution in [1.82, 2.24) is 0 Å². The number of rotatable bonds is 17. The topological polar surface area (TPSA) is 102 Å². The van der Waals surface area contributed by atoms with Crippen molar-refractivity contribution in [3.63, 3.8) is 0 Å². The number of hydrogen-bond donors (Lipinski definition) is 2. The van der Waals surface area contributed by atoms with Crippen LogP contribution in [-0.4, -0.2) is 37.1 Å². The Hall–Kier alpha value is -8.34. The van der Waals surface area contributed by atoms with Gasteiger partial charge >= 0.3 is 5.97 Å². The molecule has 2 N–H and O–H groups in total. The third-order valence-electron chi connectivity index (χ3n) is 13.2. The Morgan fingerprint density at radius 2 is 0.838 bits per heavy atom. The molecule has 362 valence electrons. The number of carbonyl (C=O) groups excluding carboxylic acids is 4. The van der Waals surface area contributed by atoms with E-state index in [1.807, 2.05) is 19.2 Å². The maximum Gasteiger partial charge on any atom is 0.338 e. The predicted molar refractivity (Wildman–Crippen MR) is 309 cm³/mol. The highest BCUT2D eigenvalue weighted by molar-refractivity contribution is 7.80. The van der Waals surface area contributed by atoms with Crippen molar-refractivity contribution in [3.8, 4) is 11.1 Å². The summed E-state index contributed by atoms with van der Waals surface area (Å²) < 4.78 is 5.39. The summed E-state index contributed by atoms with van der Waals surface area (Å²) >= 11 is 0. The molecule has 0 aromatic heterocycles. The maximum atomic E-state index is 14.3. The lowest BCUT2D eigenvalue weighted by Crippen LogP contribution is -2.26. The van der Waals surface area contributed by atoms with Gasteiger partial charge in [0, 0.05) is 52.3 Å². The Bertz CT molecular complexity index is 3570. The van der Waals surface area contributed by atoms with Gasteiger partial charge in [0.1, 0.15) is 0 Å². The zero-order valence-electron chi connectivity index (χ0n) is 41.0. The third-order valence-corrected chi connectivity index (χ3v) is 18.1. The maximum absolute atomic E-state index is 14.3. The van der Waals surface area contributed by atoms with Crippen LogP contribution in [0.5, 0.6) is 0 Å². The van der Waals surface area contributed by atoms with Crippen molar-refractivity contribution in [2.75, 3.05) is 24.3 Å². The number of fused-ring (bicyclic) bond motifs is 2. The minimum atomic E-state index is -1.12. The molecule has 0 saturated carbocycles. The van der Waals surface area contributed by atoms with Gasteiger partial charge in [-0.1, -0.05) is 194 Å². The molecule has 0 radical (unpaired) electrons. The second kappa shape index (κ2) is 22.6. The van der Waals surface area contributed by atoms with E-state index >= 15 is 0 Å². The molecule has 0 unspecified atom stereocenters. The molecule has 0 fully saturated rings. The Balaban J connectivity index is 1.05. The van der Waals surface area contributed by atoms with Crippen LogP contribution in [0.25, 0.3) is 32.7 Å². The summed E-state index contributed by atoms with van der Waals surface area (Å²) in [6.07, 6.45) is 0.491. The second-order valence-electron chi connectivity index (χ2n) is 17.8. The van der Waals surface area contributed by atoms with Gasteiger partial charge in [0.15, 0.2) is 11.6 Å². The van der Waals surface area contributed by atoms with Crippen LogP contribution in [0.4, 0.5) is 11.4 Å². The van der Waals surface area contributed by atoms with E-state index in [0.717, 1.165) is 38.4 Å². The number of hydrogen-bond acceptors (Lipinski definition) is 6. The van der Waals surface area contributed by atoms with Gasteiger partial charge in [-0.2, -0.15) is 0 Å². The summed E-state index contributed by atoms with van der Waals surface area (Å²) in [4.78, 5) is 51.7. The van der Waals surface area contributed by atoms with Crippen LogP contribution >= 0.6 is 15.8 Å². The molecule has 0 atom stereocenters. The van der Waals surface area contributed by atoms with E-state index in [1.54, 1.807) is 48.5 Å². The van der Waals surface area contributed by atoms with Gasteiger partial charge in [0.25, 0.3) is 5.91 Å². The van der Waals surface area contributed by atoms with Gasteiger partial charge in [-0.25, -0.2) is 4.79 Å². The Morgan fingerprint density at radius 1 is 0.419 bits per heavy atom. The lowest BCUT2D eigenvalue weighted by atomic mass is 9.92. The van der Waals surface area contributed by atoms with Crippen LogP contribution in [0.2, 0.25) is 0 Å². The first-order chi connectivity index (χ1) is 36.3. The van der Waals surface area contributed by atoms with Gasteiger partial charge in [-0.3, -0.25) is 14.4 Å². The van der Waals surface area contributed by atoms with E-state index in [0.29, 0.717) is 34.4 Å².